The van der Waals surface area contributed by atoms with E-state index in [1.54, 1.807) is 13.2 Å². The number of thiazole rings is 1. The molecular formula is C26H23N3O3S2. The van der Waals surface area contributed by atoms with Gasteiger partial charge in [-0.25, -0.2) is 4.98 Å². The zero-order valence-corrected chi connectivity index (χ0v) is 20.3. The van der Waals surface area contributed by atoms with Gasteiger partial charge in [0, 0.05) is 16.7 Å². The van der Waals surface area contributed by atoms with Crippen LogP contribution in [-0.2, 0) is 9.59 Å². The van der Waals surface area contributed by atoms with Gasteiger partial charge in [-0.1, -0.05) is 47.7 Å². The maximum absolute atomic E-state index is 12.7. The van der Waals surface area contributed by atoms with Gasteiger partial charge >= 0.3 is 0 Å². The number of anilines is 2. The Kier molecular flexibility index (Phi) is 7.61. The molecule has 0 saturated heterocycles. The summed E-state index contributed by atoms with van der Waals surface area (Å²) in [5, 5.41) is 5.95. The molecule has 4 rings (SSSR count). The number of hydrogen-bond donors (Lipinski definition) is 2. The smallest absolute Gasteiger partial charge is 0.248 e. The van der Waals surface area contributed by atoms with Crippen LogP contribution in [0.15, 0.2) is 83.8 Å². The minimum atomic E-state index is -0.356. The lowest BCUT2D eigenvalue weighted by Crippen LogP contribution is -2.22. The number of nitrogens with zero attached hydrogens (tertiary/aromatic N) is 1. The normalized spacial score (nSPS) is 11.9. The molecule has 0 aliphatic carbocycles. The van der Waals surface area contributed by atoms with Crippen LogP contribution >= 0.6 is 23.1 Å². The fourth-order valence-electron chi connectivity index (χ4n) is 3.12. The molecule has 1 heterocycles. The molecule has 0 aliphatic rings. The zero-order chi connectivity index (χ0) is 23.9. The summed E-state index contributed by atoms with van der Waals surface area (Å²) in [4.78, 5) is 30.3. The van der Waals surface area contributed by atoms with Gasteiger partial charge in [-0.05, 0) is 55.0 Å². The largest absolute Gasteiger partial charge is 0.497 e. The van der Waals surface area contributed by atoms with Crippen LogP contribution in [0.25, 0.3) is 16.3 Å². The first-order valence-electron chi connectivity index (χ1n) is 10.6. The quantitative estimate of drug-likeness (QED) is 0.232. The third kappa shape index (κ3) is 6.24. The highest BCUT2D eigenvalue weighted by molar-refractivity contribution is 8.00. The first-order valence-corrected chi connectivity index (χ1v) is 12.3. The molecule has 34 heavy (non-hydrogen) atoms. The lowest BCUT2D eigenvalue weighted by Gasteiger charge is -2.11. The molecule has 0 bridgehead atoms. The van der Waals surface area contributed by atoms with Crippen molar-refractivity contribution in [1.82, 2.24) is 4.98 Å². The number of nitrogens with one attached hydrogen (secondary N) is 2. The maximum Gasteiger partial charge on any atom is 0.248 e. The number of benzene rings is 3. The molecule has 2 N–H and O–H groups in total. The van der Waals surface area contributed by atoms with Crippen molar-refractivity contribution in [3.63, 3.8) is 0 Å². The number of rotatable bonds is 8. The van der Waals surface area contributed by atoms with Crippen molar-refractivity contribution in [3.05, 3.63) is 84.4 Å². The number of amides is 2. The fraction of sp³-hybridized carbons (Fsp3) is 0.115. The highest BCUT2D eigenvalue weighted by Gasteiger charge is 2.17. The van der Waals surface area contributed by atoms with Gasteiger partial charge in [0.2, 0.25) is 11.8 Å². The summed E-state index contributed by atoms with van der Waals surface area (Å²) in [5.74, 6) is 0.390. The maximum atomic E-state index is 12.7. The van der Waals surface area contributed by atoms with Gasteiger partial charge in [0.05, 0.1) is 22.6 Å². The van der Waals surface area contributed by atoms with Crippen molar-refractivity contribution >= 4 is 62.0 Å². The number of methoxy groups -OCH3 is 1. The van der Waals surface area contributed by atoms with Crippen molar-refractivity contribution in [1.29, 1.82) is 0 Å². The minimum Gasteiger partial charge on any atom is -0.497 e. The fourth-order valence-corrected chi connectivity index (χ4v) is 4.94. The van der Waals surface area contributed by atoms with Crippen LogP contribution in [0.3, 0.4) is 0 Å². The number of aromatic nitrogens is 1. The molecule has 0 aliphatic heterocycles. The summed E-state index contributed by atoms with van der Waals surface area (Å²) >= 11 is 2.82. The van der Waals surface area contributed by atoms with Crippen molar-refractivity contribution < 1.29 is 14.3 Å². The van der Waals surface area contributed by atoms with Crippen molar-refractivity contribution in [2.75, 3.05) is 17.7 Å². The van der Waals surface area contributed by atoms with Crippen LogP contribution in [-0.4, -0.2) is 29.2 Å². The SMILES string of the molecule is COc1ccc2nc(NC(=O)C(C)Sc3cccc(NC(=O)/C=C/c4ccccc4)c3)sc2c1. The molecule has 172 valence electrons. The third-order valence-corrected chi connectivity index (χ3v) is 6.86. The Morgan fingerprint density at radius 1 is 1.03 bits per heavy atom. The van der Waals surface area contributed by atoms with E-state index in [0.717, 1.165) is 26.4 Å². The number of fused-ring (bicyclic) bond motifs is 1. The molecule has 1 unspecified atom stereocenters. The van der Waals surface area contributed by atoms with Crippen LogP contribution in [0.5, 0.6) is 5.75 Å². The van der Waals surface area contributed by atoms with Crippen LogP contribution in [0.1, 0.15) is 12.5 Å². The van der Waals surface area contributed by atoms with E-state index < -0.39 is 0 Å². The van der Waals surface area contributed by atoms with Gasteiger partial charge in [0.25, 0.3) is 0 Å². The molecule has 0 saturated carbocycles. The topological polar surface area (TPSA) is 80.3 Å². The van der Waals surface area contributed by atoms with E-state index in [0.29, 0.717) is 10.8 Å². The van der Waals surface area contributed by atoms with E-state index in [9.17, 15) is 9.59 Å². The van der Waals surface area contributed by atoms with Crippen molar-refractivity contribution in [2.24, 2.45) is 0 Å². The van der Waals surface area contributed by atoms with Gasteiger partial charge in [-0.2, -0.15) is 0 Å². The number of carbonyl (C=O) groups is 2. The average molecular weight is 490 g/mol. The standard InChI is InChI=1S/C26H23N3O3S2/c1-17(25(31)29-26-28-22-13-12-20(32-2)16-23(22)34-26)33-21-10-6-9-19(15-21)27-24(30)14-11-18-7-4-3-5-8-18/h3-17H,1-2H3,(H,27,30)(H,28,29,31)/b14-11+. The van der Waals surface area contributed by atoms with Crippen molar-refractivity contribution in [3.8, 4) is 5.75 Å². The second-order valence-corrected chi connectivity index (χ2v) is 9.81. The van der Waals surface area contributed by atoms with E-state index in [4.69, 9.17) is 4.74 Å². The van der Waals surface area contributed by atoms with Gasteiger partial charge in [0.15, 0.2) is 5.13 Å². The van der Waals surface area contributed by atoms with Crippen LogP contribution in [0.4, 0.5) is 10.8 Å². The summed E-state index contributed by atoms with van der Waals surface area (Å²) in [6.45, 7) is 1.84. The molecule has 0 fully saturated rings. The molecule has 0 spiro atoms. The van der Waals surface area contributed by atoms with E-state index in [2.05, 4.69) is 15.6 Å². The second kappa shape index (κ2) is 11.0. The Morgan fingerprint density at radius 3 is 2.65 bits per heavy atom. The first-order chi connectivity index (χ1) is 16.5. The van der Waals surface area contributed by atoms with Crippen molar-refractivity contribution in [2.45, 2.75) is 17.1 Å². The third-order valence-electron chi connectivity index (χ3n) is 4.84. The van der Waals surface area contributed by atoms with E-state index in [-0.39, 0.29) is 17.1 Å². The predicted octanol–water partition coefficient (Wildman–Crippen LogP) is 6.08. The highest BCUT2D eigenvalue weighted by Crippen LogP contribution is 2.31. The average Bonchev–Trinajstić information content (AvgIpc) is 3.25. The molecule has 2 amide bonds. The zero-order valence-electron chi connectivity index (χ0n) is 18.6. The molecule has 8 heteroatoms. The molecule has 4 aromatic rings. The number of thioether (sulfide) groups is 1. The summed E-state index contributed by atoms with van der Waals surface area (Å²) in [7, 11) is 1.62. The number of hydrogen-bond acceptors (Lipinski definition) is 6. The number of carbonyl (C=O) groups excluding carboxylic acids is 2. The molecule has 1 aromatic heterocycles. The Labute approximate surface area is 206 Å². The Hall–Kier alpha value is -3.62. The molecule has 0 radical (unpaired) electrons. The summed E-state index contributed by atoms with van der Waals surface area (Å²) < 4.78 is 6.19. The van der Waals surface area contributed by atoms with Gasteiger partial charge in [-0.15, -0.1) is 11.8 Å². The summed E-state index contributed by atoms with van der Waals surface area (Å²) in [6.07, 6.45) is 3.26. The van der Waals surface area contributed by atoms with Crippen LogP contribution in [0.2, 0.25) is 0 Å². The Balaban J connectivity index is 1.35. The number of ether oxygens (including phenoxy) is 1. The van der Waals surface area contributed by atoms with E-state index in [1.165, 1.54) is 29.2 Å². The van der Waals surface area contributed by atoms with Crippen LogP contribution in [0, 0.1) is 0 Å². The lowest BCUT2D eigenvalue weighted by atomic mass is 10.2. The minimum absolute atomic E-state index is 0.142. The first kappa shape index (κ1) is 23.5. The molecule has 1 atom stereocenters. The molecule has 3 aromatic carbocycles. The Bertz CT molecular complexity index is 1340. The highest BCUT2D eigenvalue weighted by atomic mass is 32.2. The predicted molar refractivity (Wildman–Crippen MR) is 141 cm³/mol. The van der Waals surface area contributed by atoms with Gasteiger partial charge in [-0.3, -0.25) is 9.59 Å². The molecular weight excluding hydrogens is 466 g/mol. The molecule has 6 nitrogen and oxygen atoms in total. The van der Waals surface area contributed by atoms with Gasteiger partial charge in [0.1, 0.15) is 5.75 Å². The van der Waals surface area contributed by atoms with E-state index >= 15 is 0 Å². The monoisotopic (exact) mass is 489 g/mol. The summed E-state index contributed by atoms with van der Waals surface area (Å²) in [6, 6.07) is 22.7. The summed E-state index contributed by atoms with van der Waals surface area (Å²) in [5.41, 5.74) is 2.43. The lowest BCUT2D eigenvalue weighted by molar-refractivity contribution is -0.115. The Morgan fingerprint density at radius 2 is 1.85 bits per heavy atom. The van der Waals surface area contributed by atoms with Gasteiger partial charge < -0.3 is 15.4 Å². The van der Waals surface area contributed by atoms with Crippen LogP contribution < -0.4 is 15.4 Å². The second-order valence-electron chi connectivity index (χ2n) is 7.36. The van der Waals surface area contributed by atoms with E-state index in [1.807, 2.05) is 79.7 Å².